The van der Waals surface area contributed by atoms with E-state index in [9.17, 15) is 28.0 Å². The minimum absolute atomic E-state index is 0. The molecule has 7 nitrogen and oxygen atoms in total. The molecule has 1 aromatic carbocycles. The van der Waals surface area contributed by atoms with E-state index in [0.717, 1.165) is 13.1 Å². The first-order valence-corrected chi connectivity index (χ1v) is 12.2. The molecule has 2 fully saturated rings. The minimum Gasteiger partial charge on any atom is -0.370 e. The zero-order valence-electron chi connectivity index (χ0n) is 20.3. The molecular formula is C27H34F3N5O2. The van der Waals surface area contributed by atoms with Gasteiger partial charge in [0.25, 0.3) is 0 Å². The third-order valence-electron chi connectivity index (χ3n) is 7.20. The first-order valence-electron chi connectivity index (χ1n) is 12.2. The molecule has 2 aromatic rings. The van der Waals surface area contributed by atoms with Crippen molar-refractivity contribution in [1.82, 2.24) is 14.8 Å². The van der Waals surface area contributed by atoms with Gasteiger partial charge >= 0.3 is 6.18 Å². The molecular weight excluding hydrogens is 483 g/mol. The van der Waals surface area contributed by atoms with Gasteiger partial charge in [-0.25, -0.2) is 0 Å². The Bertz CT molecular complexity index is 1150. The summed E-state index contributed by atoms with van der Waals surface area (Å²) < 4.78 is 41.5. The quantitative estimate of drug-likeness (QED) is 0.570. The largest absolute Gasteiger partial charge is 0.393 e. The van der Waals surface area contributed by atoms with Gasteiger partial charge < -0.3 is 14.7 Å². The number of benzene rings is 1. The number of anilines is 1. The molecule has 2 aliphatic heterocycles. The summed E-state index contributed by atoms with van der Waals surface area (Å²) in [6.07, 6.45) is -2.82. The van der Waals surface area contributed by atoms with E-state index >= 15 is 0 Å². The molecule has 2 atom stereocenters. The monoisotopic (exact) mass is 517 g/mol. The molecule has 3 heterocycles. The third-order valence-corrected chi connectivity index (χ3v) is 7.20. The molecule has 4 rings (SSSR count). The van der Waals surface area contributed by atoms with Gasteiger partial charge in [0.2, 0.25) is 5.91 Å². The molecule has 0 spiro atoms. The topological polar surface area (TPSA) is 80.5 Å². The first kappa shape index (κ1) is 28.4. The number of nitriles is 1. The number of alkyl halides is 3. The summed E-state index contributed by atoms with van der Waals surface area (Å²) in [5.41, 5.74) is 1.38. The highest BCUT2D eigenvalue weighted by Gasteiger charge is 2.45. The summed E-state index contributed by atoms with van der Waals surface area (Å²) in [7, 11) is 1.99. The van der Waals surface area contributed by atoms with Gasteiger partial charge in [-0.1, -0.05) is 7.43 Å². The Morgan fingerprint density at radius 2 is 1.84 bits per heavy atom. The smallest absolute Gasteiger partial charge is 0.370 e. The van der Waals surface area contributed by atoms with Gasteiger partial charge in [-0.15, -0.1) is 0 Å². The van der Waals surface area contributed by atoms with E-state index in [4.69, 9.17) is 0 Å². The number of carbonyl (C=O) groups excluding carboxylic acids is 2. The number of pyridine rings is 1. The Labute approximate surface area is 215 Å². The maximum Gasteiger partial charge on any atom is 0.393 e. The van der Waals surface area contributed by atoms with Crippen LogP contribution in [0.25, 0.3) is 10.9 Å². The van der Waals surface area contributed by atoms with E-state index in [2.05, 4.69) is 16.0 Å². The van der Waals surface area contributed by atoms with Crippen LogP contribution in [-0.2, 0) is 9.59 Å². The summed E-state index contributed by atoms with van der Waals surface area (Å²) >= 11 is 0. The van der Waals surface area contributed by atoms with Crippen LogP contribution in [0.2, 0.25) is 0 Å². The third kappa shape index (κ3) is 6.77. The maximum absolute atomic E-state index is 13.8. The average molecular weight is 518 g/mol. The van der Waals surface area contributed by atoms with Crippen molar-refractivity contribution < 1.29 is 22.8 Å². The summed E-state index contributed by atoms with van der Waals surface area (Å²) in [6.45, 7) is 2.90. The van der Waals surface area contributed by atoms with Gasteiger partial charge in [-0.2, -0.15) is 18.4 Å². The standard InChI is InChI=1S/C26H30F3N5O2.CH4/c1-32-9-11-33(12-10-32)24(36)7-5-21(35)14-18-13-20(26(27,28)29)17-34(16-18)23-6-4-19(15-30)25-22(23)3-2-8-31-25;/h2-4,6,8,18,20H,5,7,9-14,16-17H2,1H3;1H4. The minimum atomic E-state index is -4.39. The van der Waals surface area contributed by atoms with Crippen LogP contribution in [0.1, 0.15) is 38.7 Å². The van der Waals surface area contributed by atoms with E-state index < -0.39 is 18.0 Å². The number of ketones is 1. The van der Waals surface area contributed by atoms with Gasteiger partial charge in [-0.05, 0) is 43.7 Å². The molecule has 1 amide bonds. The number of nitrogens with zero attached hydrogens (tertiary/aromatic N) is 5. The highest BCUT2D eigenvalue weighted by Crippen LogP contribution is 2.40. The lowest BCUT2D eigenvalue weighted by Gasteiger charge is -2.40. The van der Waals surface area contributed by atoms with Crippen LogP contribution in [0.3, 0.4) is 0 Å². The Hall–Kier alpha value is -3.19. The molecule has 0 radical (unpaired) electrons. The number of likely N-dealkylation sites (N-methyl/N-ethyl adjacent to an activating group) is 1. The Kier molecular flexibility index (Phi) is 9.13. The normalized spacial score (nSPS) is 20.8. The molecule has 37 heavy (non-hydrogen) atoms. The molecule has 0 N–H and O–H groups in total. The summed E-state index contributed by atoms with van der Waals surface area (Å²) in [5.74, 6) is -2.32. The average Bonchev–Trinajstić information content (AvgIpc) is 2.86. The van der Waals surface area contributed by atoms with Crippen LogP contribution in [-0.4, -0.2) is 79.0 Å². The second-order valence-corrected chi connectivity index (χ2v) is 9.82. The van der Waals surface area contributed by atoms with Crippen molar-refractivity contribution in [3.8, 4) is 6.07 Å². The molecule has 1 aromatic heterocycles. The van der Waals surface area contributed by atoms with Crippen LogP contribution >= 0.6 is 0 Å². The Balaban J connectivity index is 0.00000380. The number of piperazine rings is 1. The zero-order chi connectivity index (χ0) is 25.9. The SMILES string of the molecule is C.CN1CCN(C(=O)CCC(=O)CC2CC(C(F)(F)F)CN(c3ccc(C#N)c4ncccc34)C2)CC1. The van der Waals surface area contributed by atoms with Crippen molar-refractivity contribution in [2.45, 2.75) is 39.3 Å². The van der Waals surface area contributed by atoms with Gasteiger partial charge in [0, 0.05) is 75.8 Å². The first-order chi connectivity index (χ1) is 17.2. The lowest BCUT2D eigenvalue weighted by atomic mass is 9.84. The maximum atomic E-state index is 13.8. The van der Waals surface area contributed by atoms with E-state index in [1.807, 2.05) is 7.05 Å². The van der Waals surface area contributed by atoms with Crippen LogP contribution in [0.15, 0.2) is 30.5 Å². The Morgan fingerprint density at radius 3 is 2.51 bits per heavy atom. The fraction of sp³-hybridized carbons (Fsp3) is 0.556. The van der Waals surface area contributed by atoms with Gasteiger partial charge in [0.1, 0.15) is 11.9 Å². The number of rotatable bonds is 6. The molecule has 200 valence electrons. The zero-order valence-corrected chi connectivity index (χ0v) is 20.3. The number of hydrogen-bond acceptors (Lipinski definition) is 6. The van der Waals surface area contributed by atoms with Crippen molar-refractivity contribution in [2.75, 3.05) is 51.2 Å². The second-order valence-electron chi connectivity index (χ2n) is 9.82. The van der Waals surface area contributed by atoms with E-state index in [-0.39, 0.29) is 51.3 Å². The number of Topliss-reactive ketones (excluding diaryl/α,β-unsaturated/α-hetero) is 1. The summed E-state index contributed by atoms with van der Waals surface area (Å²) in [5, 5.41) is 10.0. The molecule has 0 saturated carbocycles. The van der Waals surface area contributed by atoms with Gasteiger partial charge in [-0.3, -0.25) is 14.6 Å². The highest BCUT2D eigenvalue weighted by atomic mass is 19.4. The van der Waals surface area contributed by atoms with E-state index in [1.54, 1.807) is 40.3 Å². The van der Waals surface area contributed by atoms with Gasteiger partial charge in [0.15, 0.2) is 0 Å². The van der Waals surface area contributed by atoms with Crippen molar-refractivity contribution in [3.05, 3.63) is 36.0 Å². The van der Waals surface area contributed by atoms with Crippen LogP contribution < -0.4 is 4.90 Å². The number of aromatic nitrogens is 1. The molecule has 2 aliphatic rings. The molecule has 2 unspecified atom stereocenters. The fourth-order valence-corrected chi connectivity index (χ4v) is 5.19. The predicted molar refractivity (Wildman–Crippen MR) is 136 cm³/mol. The lowest BCUT2D eigenvalue weighted by Crippen LogP contribution is -2.47. The summed E-state index contributed by atoms with van der Waals surface area (Å²) in [4.78, 5) is 35.0. The Morgan fingerprint density at radius 1 is 1.11 bits per heavy atom. The van der Waals surface area contributed by atoms with Crippen molar-refractivity contribution >= 4 is 28.3 Å². The fourth-order valence-electron chi connectivity index (χ4n) is 5.19. The molecule has 0 aliphatic carbocycles. The van der Waals surface area contributed by atoms with Crippen LogP contribution in [0, 0.1) is 23.2 Å². The van der Waals surface area contributed by atoms with Crippen LogP contribution in [0.5, 0.6) is 0 Å². The number of amides is 1. The predicted octanol–water partition coefficient (Wildman–Crippen LogP) is 4.26. The lowest BCUT2D eigenvalue weighted by molar-refractivity contribution is -0.179. The van der Waals surface area contributed by atoms with Gasteiger partial charge in [0.05, 0.1) is 17.0 Å². The van der Waals surface area contributed by atoms with E-state index in [1.165, 1.54) is 0 Å². The van der Waals surface area contributed by atoms with Crippen molar-refractivity contribution in [2.24, 2.45) is 11.8 Å². The highest BCUT2D eigenvalue weighted by molar-refractivity contribution is 5.95. The summed E-state index contributed by atoms with van der Waals surface area (Å²) in [6, 6.07) is 8.76. The molecule has 2 saturated heterocycles. The number of carbonyl (C=O) groups is 2. The van der Waals surface area contributed by atoms with Crippen LogP contribution in [0.4, 0.5) is 18.9 Å². The number of piperidine rings is 1. The molecule has 0 bridgehead atoms. The second kappa shape index (κ2) is 11.9. The number of halogens is 3. The van der Waals surface area contributed by atoms with Crippen molar-refractivity contribution in [3.63, 3.8) is 0 Å². The van der Waals surface area contributed by atoms with Crippen molar-refractivity contribution in [1.29, 1.82) is 5.26 Å². The number of hydrogen-bond donors (Lipinski definition) is 0. The number of fused-ring (bicyclic) bond motifs is 1. The molecule has 10 heteroatoms. The van der Waals surface area contributed by atoms with E-state index in [0.29, 0.717) is 41.8 Å².